The first-order valence-corrected chi connectivity index (χ1v) is 9.63. The number of aryl methyl sites for hydroxylation is 1. The van der Waals surface area contributed by atoms with Gasteiger partial charge in [-0.1, -0.05) is 48.5 Å². The largest absolute Gasteiger partial charge is 0.469 e. The van der Waals surface area contributed by atoms with Crippen molar-refractivity contribution in [3.63, 3.8) is 0 Å². The summed E-state index contributed by atoms with van der Waals surface area (Å²) >= 11 is 0. The van der Waals surface area contributed by atoms with Gasteiger partial charge in [0.1, 0.15) is 0 Å². The van der Waals surface area contributed by atoms with Gasteiger partial charge in [-0.15, -0.1) is 0 Å². The third-order valence-electron chi connectivity index (χ3n) is 4.67. The molecular weight excluding hydrogens is 366 g/mol. The van der Waals surface area contributed by atoms with Crippen LogP contribution < -0.4 is 0 Å². The van der Waals surface area contributed by atoms with Crippen molar-refractivity contribution in [3.8, 4) is 5.69 Å². The van der Waals surface area contributed by atoms with Crippen LogP contribution >= 0.6 is 0 Å². The Labute approximate surface area is 170 Å². The van der Waals surface area contributed by atoms with Gasteiger partial charge in [0.05, 0.1) is 25.4 Å². The lowest BCUT2D eigenvalue weighted by Crippen LogP contribution is -2.33. The van der Waals surface area contributed by atoms with E-state index in [2.05, 4.69) is 5.10 Å². The van der Waals surface area contributed by atoms with E-state index in [1.807, 2.05) is 66.9 Å². The van der Waals surface area contributed by atoms with Crippen LogP contribution in [0.25, 0.3) is 5.69 Å². The first kappa shape index (κ1) is 20.3. The summed E-state index contributed by atoms with van der Waals surface area (Å²) in [6.45, 7) is 0.809. The average Bonchev–Trinajstić information content (AvgIpc) is 3.25. The second-order valence-corrected chi connectivity index (χ2v) is 6.76. The number of esters is 1. The number of hydrogen-bond donors (Lipinski definition) is 0. The Kier molecular flexibility index (Phi) is 7.16. The molecule has 3 aromatic rings. The van der Waals surface area contributed by atoms with E-state index in [1.165, 1.54) is 7.11 Å². The number of para-hydroxylation sites is 1. The molecule has 1 heterocycles. The third-order valence-corrected chi connectivity index (χ3v) is 4.67. The van der Waals surface area contributed by atoms with E-state index >= 15 is 0 Å². The first-order valence-electron chi connectivity index (χ1n) is 9.63. The smallest absolute Gasteiger partial charge is 0.307 e. The summed E-state index contributed by atoms with van der Waals surface area (Å²) < 4.78 is 6.52. The van der Waals surface area contributed by atoms with Crippen LogP contribution in [0.4, 0.5) is 0 Å². The number of rotatable bonds is 9. The maximum atomic E-state index is 12.8. The summed E-state index contributed by atoms with van der Waals surface area (Å²) in [6.07, 6.45) is 4.86. The van der Waals surface area contributed by atoms with E-state index in [0.717, 1.165) is 16.8 Å². The molecule has 0 aliphatic carbocycles. The van der Waals surface area contributed by atoms with Gasteiger partial charge in [-0.25, -0.2) is 4.68 Å². The van der Waals surface area contributed by atoms with Gasteiger partial charge < -0.3 is 9.64 Å². The Morgan fingerprint density at radius 3 is 2.34 bits per heavy atom. The molecule has 0 saturated heterocycles. The summed E-state index contributed by atoms with van der Waals surface area (Å²) in [5, 5.41) is 4.38. The number of aromatic nitrogens is 2. The van der Waals surface area contributed by atoms with Gasteiger partial charge in [0.25, 0.3) is 0 Å². The van der Waals surface area contributed by atoms with Crippen molar-refractivity contribution >= 4 is 11.9 Å². The molecule has 0 bridgehead atoms. The zero-order valence-electron chi connectivity index (χ0n) is 16.5. The highest BCUT2D eigenvalue weighted by molar-refractivity contribution is 5.77. The standard InChI is InChI=1S/C23H25N3O3/c1-29-23(28)14-15-25(17-19-8-4-2-5-9-19)22(27)13-12-20-16-24-26(18-20)21-10-6-3-7-11-21/h2-11,16,18H,12-15,17H2,1H3. The van der Waals surface area contributed by atoms with Crippen LogP contribution in [-0.2, 0) is 27.3 Å². The molecule has 0 radical (unpaired) electrons. The Hall–Kier alpha value is -3.41. The lowest BCUT2D eigenvalue weighted by molar-refractivity contribution is -0.141. The molecule has 2 aromatic carbocycles. The van der Waals surface area contributed by atoms with Crippen LogP contribution in [0.5, 0.6) is 0 Å². The molecule has 1 aromatic heterocycles. The molecule has 3 rings (SSSR count). The Morgan fingerprint density at radius 1 is 0.966 bits per heavy atom. The summed E-state index contributed by atoms with van der Waals surface area (Å²) in [6, 6.07) is 19.6. The van der Waals surface area contributed by atoms with E-state index in [4.69, 9.17) is 4.74 Å². The Morgan fingerprint density at radius 2 is 1.66 bits per heavy atom. The predicted octanol–water partition coefficient (Wildman–Crippen LogP) is 3.40. The van der Waals surface area contributed by atoms with Crippen molar-refractivity contribution in [2.75, 3.05) is 13.7 Å². The van der Waals surface area contributed by atoms with Crippen LogP contribution in [0.15, 0.2) is 73.1 Å². The number of methoxy groups -OCH3 is 1. The highest BCUT2D eigenvalue weighted by Gasteiger charge is 2.16. The Balaban J connectivity index is 1.61. The number of carbonyl (C=O) groups excluding carboxylic acids is 2. The summed E-state index contributed by atoms with van der Waals surface area (Å²) in [7, 11) is 1.36. The second-order valence-electron chi connectivity index (χ2n) is 6.76. The highest BCUT2D eigenvalue weighted by atomic mass is 16.5. The predicted molar refractivity (Wildman–Crippen MR) is 110 cm³/mol. The molecule has 0 N–H and O–H groups in total. The fraction of sp³-hybridized carbons (Fsp3) is 0.261. The lowest BCUT2D eigenvalue weighted by atomic mass is 10.1. The molecule has 1 amide bonds. The minimum absolute atomic E-state index is 0.00483. The number of nitrogens with zero attached hydrogens (tertiary/aromatic N) is 3. The highest BCUT2D eigenvalue weighted by Crippen LogP contribution is 2.12. The molecule has 6 nitrogen and oxygen atoms in total. The molecule has 29 heavy (non-hydrogen) atoms. The maximum Gasteiger partial charge on any atom is 0.307 e. The lowest BCUT2D eigenvalue weighted by Gasteiger charge is -2.22. The fourth-order valence-corrected chi connectivity index (χ4v) is 3.04. The average molecular weight is 391 g/mol. The zero-order chi connectivity index (χ0) is 20.5. The van der Waals surface area contributed by atoms with E-state index in [-0.39, 0.29) is 18.3 Å². The van der Waals surface area contributed by atoms with Gasteiger partial charge in [-0.2, -0.15) is 5.10 Å². The van der Waals surface area contributed by atoms with Gasteiger partial charge in [0.15, 0.2) is 0 Å². The SMILES string of the molecule is COC(=O)CCN(Cc1ccccc1)C(=O)CCc1cnn(-c2ccccc2)c1. The molecule has 0 aliphatic rings. The molecule has 0 unspecified atom stereocenters. The number of hydrogen-bond acceptors (Lipinski definition) is 4. The maximum absolute atomic E-state index is 12.8. The van der Waals surface area contributed by atoms with Gasteiger partial charge in [0, 0.05) is 25.7 Å². The number of ether oxygens (including phenoxy) is 1. The second kappa shape index (κ2) is 10.2. The molecule has 0 spiro atoms. The van der Waals surface area contributed by atoms with Crippen molar-refractivity contribution in [1.29, 1.82) is 0 Å². The third kappa shape index (κ3) is 6.04. The van der Waals surface area contributed by atoms with Crippen LogP contribution in [0, 0.1) is 0 Å². The number of carbonyl (C=O) groups is 2. The summed E-state index contributed by atoms with van der Waals surface area (Å²) in [5.41, 5.74) is 3.01. The molecule has 0 saturated carbocycles. The van der Waals surface area contributed by atoms with E-state index in [1.54, 1.807) is 15.8 Å². The van der Waals surface area contributed by atoms with Crippen LogP contribution in [0.1, 0.15) is 24.0 Å². The quantitative estimate of drug-likeness (QED) is 0.525. The van der Waals surface area contributed by atoms with Crippen molar-refractivity contribution in [2.45, 2.75) is 25.8 Å². The molecule has 6 heteroatoms. The molecule has 0 atom stereocenters. The first-order chi connectivity index (χ1) is 14.2. The summed E-state index contributed by atoms with van der Waals surface area (Å²) in [4.78, 5) is 26.1. The van der Waals surface area contributed by atoms with Crippen molar-refractivity contribution in [2.24, 2.45) is 0 Å². The molecular formula is C23H25N3O3. The minimum Gasteiger partial charge on any atom is -0.469 e. The van der Waals surface area contributed by atoms with Crippen LogP contribution in [-0.4, -0.2) is 40.2 Å². The van der Waals surface area contributed by atoms with Gasteiger partial charge in [0.2, 0.25) is 5.91 Å². The topological polar surface area (TPSA) is 64.4 Å². The van der Waals surface area contributed by atoms with E-state index in [0.29, 0.717) is 25.9 Å². The van der Waals surface area contributed by atoms with Crippen molar-refractivity contribution < 1.29 is 14.3 Å². The molecule has 0 aliphatic heterocycles. The monoisotopic (exact) mass is 391 g/mol. The van der Waals surface area contributed by atoms with Crippen LogP contribution in [0.2, 0.25) is 0 Å². The number of amides is 1. The normalized spacial score (nSPS) is 10.5. The van der Waals surface area contributed by atoms with Crippen molar-refractivity contribution in [3.05, 3.63) is 84.2 Å². The molecule has 150 valence electrons. The fourth-order valence-electron chi connectivity index (χ4n) is 3.04. The van der Waals surface area contributed by atoms with Gasteiger partial charge in [-0.3, -0.25) is 9.59 Å². The van der Waals surface area contributed by atoms with E-state index in [9.17, 15) is 9.59 Å². The molecule has 0 fully saturated rings. The van der Waals surface area contributed by atoms with Crippen LogP contribution in [0.3, 0.4) is 0 Å². The summed E-state index contributed by atoms with van der Waals surface area (Å²) in [5.74, 6) is -0.315. The minimum atomic E-state index is -0.319. The van der Waals surface area contributed by atoms with Gasteiger partial charge in [-0.05, 0) is 29.7 Å². The van der Waals surface area contributed by atoms with Crippen molar-refractivity contribution in [1.82, 2.24) is 14.7 Å². The Bertz CT molecular complexity index is 923. The van der Waals surface area contributed by atoms with E-state index < -0.39 is 0 Å². The zero-order valence-corrected chi connectivity index (χ0v) is 16.5. The van der Waals surface area contributed by atoms with Gasteiger partial charge >= 0.3 is 5.97 Å². The number of benzene rings is 2.